The van der Waals surface area contributed by atoms with Crippen LogP contribution in [0, 0.1) is 5.92 Å². The summed E-state index contributed by atoms with van der Waals surface area (Å²) >= 11 is 6.05. The van der Waals surface area contributed by atoms with Crippen LogP contribution in [0.25, 0.3) is 0 Å². The number of hydrogen-bond donors (Lipinski definition) is 1. The Kier molecular flexibility index (Phi) is 3.88. The molecule has 0 radical (unpaired) electrons. The summed E-state index contributed by atoms with van der Waals surface area (Å²) in [6.45, 7) is 5.60. The summed E-state index contributed by atoms with van der Waals surface area (Å²) in [5, 5.41) is 4.43. The van der Waals surface area contributed by atoms with E-state index in [-0.39, 0.29) is 0 Å². The third-order valence-electron chi connectivity index (χ3n) is 3.80. The summed E-state index contributed by atoms with van der Waals surface area (Å²) in [5.41, 5.74) is 1.40. The molecule has 0 amide bonds. The Morgan fingerprint density at radius 2 is 2.19 bits per heavy atom. The molecule has 1 nitrogen and oxygen atoms in total. The van der Waals surface area contributed by atoms with Crippen LogP contribution in [0.2, 0.25) is 5.02 Å². The Balaban J connectivity index is 2.12. The molecule has 0 saturated heterocycles. The van der Waals surface area contributed by atoms with Gasteiger partial charge in [0.1, 0.15) is 0 Å². The number of rotatable bonds is 3. The predicted octanol–water partition coefficient (Wildman–Crippen LogP) is 3.83. The van der Waals surface area contributed by atoms with Crippen LogP contribution >= 0.6 is 11.6 Å². The molecule has 1 N–H and O–H groups in total. The Bertz CT molecular complexity index is 350. The Labute approximate surface area is 103 Å². The minimum Gasteiger partial charge on any atom is -0.314 e. The summed E-state index contributed by atoms with van der Waals surface area (Å²) in [5.74, 6) is 1.38. The Hall–Kier alpha value is -0.530. The summed E-state index contributed by atoms with van der Waals surface area (Å²) < 4.78 is 0. The van der Waals surface area contributed by atoms with Crippen molar-refractivity contribution in [1.29, 1.82) is 0 Å². The van der Waals surface area contributed by atoms with Crippen LogP contribution in [0.4, 0.5) is 0 Å². The zero-order valence-corrected chi connectivity index (χ0v) is 10.8. The van der Waals surface area contributed by atoms with E-state index in [4.69, 9.17) is 11.6 Å². The zero-order valence-electron chi connectivity index (χ0n) is 10.0. The van der Waals surface area contributed by atoms with Gasteiger partial charge in [0, 0.05) is 11.1 Å². The topological polar surface area (TPSA) is 12.0 Å². The van der Waals surface area contributed by atoms with Crippen LogP contribution in [0.5, 0.6) is 0 Å². The minimum atomic E-state index is 0.669. The van der Waals surface area contributed by atoms with Gasteiger partial charge in [-0.2, -0.15) is 0 Å². The smallest absolute Gasteiger partial charge is 0.0408 e. The van der Waals surface area contributed by atoms with Crippen LogP contribution < -0.4 is 5.32 Å². The van der Waals surface area contributed by atoms with Crippen molar-refractivity contribution >= 4 is 11.6 Å². The molecule has 1 saturated carbocycles. The molecule has 1 aliphatic carbocycles. The molecule has 0 aromatic heterocycles. The first-order valence-electron chi connectivity index (χ1n) is 6.21. The van der Waals surface area contributed by atoms with Gasteiger partial charge in [0.2, 0.25) is 0 Å². The van der Waals surface area contributed by atoms with E-state index in [9.17, 15) is 0 Å². The van der Waals surface area contributed by atoms with Crippen LogP contribution in [0.15, 0.2) is 24.3 Å². The van der Waals surface area contributed by atoms with Gasteiger partial charge in [-0.3, -0.25) is 0 Å². The van der Waals surface area contributed by atoms with Gasteiger partial charge < -0.3 is 5.32 Å². The number of halogens is 1. The van der Waals surface area contributed by atoms with Crippen LogP contribution in [0.3, 0.4) is 0 Å². The maximum Gasteiger partial charge on any atom is 0.0408 e. The van der Waals surface area contributed by atoms with E-state index in [1.807, 2.05) is 6.07 Å². The molecule has 0 aliphatic heterocycles. The van der Waals surface area contributed by atoms with E-state index in [1.165, 1.54) is 18.4 Å². The van der Waals surface area contributed by atoms with Gasteiger partial charge in [-0.25, -0.2) is 0 Å². The predicted molar refractivity (Wildman–Crippen MR) is 70.1 cm³/mol. The first-order valence-corrected chi connectivity index (χ1v) is 6.59. The largest absolute Gasteiger partial charge is 0.314 e. The van der Waals surface area contributed by atoms with E-state index in [0.717, 1.165) is 11.6 Å². The fourth-order valence-corrected chi connectivity index (χ4v) is 3.12. The third kappa shape index (κ3) is 2.41. The van der Waals surface area contributed by atoms with Crippen molar-refractivity contribution in [2.75, 3.05) is 6.54 Å². The van der Waals surface area contributed by atoms with Gasteiger partial charge in [-0.05, 0) is 48.9 Å². The highest BCUT2D eigenvalue weighted by Gasteiger charge is 2.32. The molecule has 1 aromatic carbocycles. The fourth-order valence-electron chi connectivity index (χ4n) is 2.92. The molecule has 0 heterocycles. The standard InChI is InChI=1S/C14H20ClN/c1-3-16-14-8-7-13(10(14)2)11-5-4-6-12(15)9-11/h4-6,9-10,13-14,16H,3,7-8H2,1-2H3. The molecule has 1 aromatic rings. The Morgan fingerprint density at radius 3 is 2.88 bits per heavy atom. The molecule has 3 atom stereocenters. The second kappa shape index (κ2) is 5.20. The van der Waals surface area contributed by atoms with E-state index in [0.29, 0.717) is 17.9 Å². The minimum absolute atomic E-state index is 0.669. The Morgan fingerprint density at radius 1 is 1.38 bits per heavy atom. The average Bonchev–Trinajstić information content (AvgIpc) is 2.61. The first kappa shape index (κ1) is 11.9. The normalized spacial score (nSPS) is 29.6. The van der Waals surface area contributed by atoms with Crippen molar-refractivity contribution < 1.29 is 0 Å². The molecule has 3 unspecified atom stereocenters. The van der Waals surface area contributed by atoms with Crippen LogP contribution in [-0.4, -0.2) is 12.6 Å². The molecule has 2 rings (SSSR count). The van der Waals surface area contributed by atoms with E-state index in [2.05, 4.69) is 37.4 Å². The van der Waals surface area contributed by atoms with Gasteiger partial charge in [0.05, 0.1) is 0 Å². The van der Waals surface area contributed by atoms with Gasteiger partial charge in [-0.1, -0.05) is 37.6 Å². The van der Waals surface area contributed by atoms with E-state index >= 15 is 0 Å². The highest BCUT2D eigenvalue weighted by atomic mass is 35.5. The first-order chi connectivity index (χ1) is 7.72. The molecule has 88 valence electrons. The molecule has 16 heavy (non-hydrogen) atoms. The second-order valence-electron chi connectivity index (χ2n) is 4.76. The van der Waals surface area contributed by atoms with Crippen molar-refractivity contribution in [3.8, 4) is 0 Å². The molecule has 1 fully saturated rings. The quantitative estimate of drug-likeness (QED) is 0.843. The average molecular weight is 238 g/mol. The lowest BCUT2D eigenvalue weighted by atomic mass is 9.89. The summed E-state index contributed by atoms with van der Waals surface area (Å²) in [6, 6.07) is 9.02. The van der Waals surface area contributed by atoms with Crippen molar-refractivity contribution in [1.82, 2.24) is 5.32 Å². The number of benzene rings is 1. The highest BCUT2D eigenvalue weighted by Crippen LogP contribution is 2.39. The van der Waals surface area contributed by atoms with Crippen LogP contribution in [-0.2, 0) is 0 Å². The maximum atomic E-state index is 6.05. The third-order valence-corrected chi connectivity index (χ3v) is 4.04. The lowest BCUT2D eigenvalue weighted by molar-refractivity contribution is 0.412. The lowest BCUT2D eigenvalue weighted by Gasteiger charge is -2.21. The summed E-state index contributed by atoms with van der Waals surface area (Å²) in [7, 11) is 0. The van der Waals surface area contributed by atoms with Crippen molar-refractivity contribution in [2.45, 2.75) is 38.6 Å². The highest BCUT2D eigenvalue weighted by molar-refractivity contribution is 6.30. The molecular formula is C14H20ClN. The summed E-state index contributed by atoms with van der Waals surface area (Å²) in [6.07, 6.45) is 2.56. The number of nitrogens with one attached hydrogen (secondary N) is 1. The van der Waals surface area contributed by atoms with Crippen molar-refractivity contribution in [3.05, 3.63) is 34.9 Å². The zero-order chi connectivity index (χ0) is 11.5. The lowest BCUT2D eigenvalue weighted by Crippen LogP contribution is -2.32. The van der Waals surface area contributed by atoms with Crippen molar-refractivity contribution in [2.24, 2.45) is 5.92 Å². The van der Waals surface area contributed by atoms with E-state index in [1.54, 1.807) is 0 Å². The van der Waals surface area contributed by atoms with Gasteiger partial charge in [0.25, 0.3) is 0 Å². The van der Waals surface area contributed by atoms with Gasteiger partial charge in [-0.15, -0.1) is 0 Å². The van der Waals surface area contributed by atoms with E-state index < -0.39 is 0 Å². The van der Waals surface area contributed by atoms with Gasteiger partial charge >= 0.3 is 0 Å². The number of hydrogen-bond acceptors (Lipinski definition) is 1. The molecule has 0 bridgehead atoms. The molecular weight excluding hydrogens is 218 g/mol. The van der Waals surface area contributed by atoms with Crippen LogP contribution in [0.1, 0.15) is 38.2 Å². The summed E-state index contributed by atoms with van der Waals surface area (Å²) in [4.78, 5) is 0. The van der Waals surface area contributed by atoms with Crippen molar-refractivity contribution in [3.63, 3.8) is 0 Å². The molecule has 2 heteroatoms. The monoisotopic (exact) mass is 237 g/mol. The molecule has 0 spiro atoms. The maximum absolute atomic E-state index is 6.05. The molecule has 1 aliphatic rings. The van der Waals surface area contributed by atoms with Gasteiger partial charge in [0.15, 0.2) is 0 Å². The fraction of sp³-hybridized carbons (Fsp3) is 0.571. The SMILES string of the molecule is CCNC1CCC(c2cccc(Cl)c2)C1C. The second-order valence-corrected chi connectivity index (χ2v) is 5.20.